The zero-order chi connectivity index (χ0) is 26.3. The molecule has 3 N–H and O–H groups in total. The standard InChI is InChI=1S/C26H30ClN3O6/c1-4-35-24(32)21-20(15-34-13-11-28)30-16(2)26(3,22(21)18-9-5-6-10-19(18)27)25(33)36-23(31)17-8-7-12-29-14-17/h5-10,12,14,16,22,30H,4,11,13,15,28H2,1-3H3. The largest absolute Gasteiger partial charge is 0.463 e. The second-order valence-corrected chi connectivity index (χ2v) is 8.88. The van der Waals surface area contributed by atoms with E-state index in [4.69, 9.17) is 31.5 Å². The summed E-state index contributed by atoms with van der Waals surface area (Å²) in [7, 11) is 0. The summed E-state index contributed by atoms with van der Waals surface area (Å²) >= 11 is 6.59. The van der Waals surface area contributed by atoms with Gasteiger partial charge in [-0.25, -0.2) is 9.59 Å². The van der Waals surface area contributed by atoms with Gasteiger partial charge < -0.3 is 25.3 Å². The van der Waals surface area contributed by atoms with Crippen LogP contribution in [0.1, 0.15) is 42.6 Å². The van der Waals surface area contributed by atoms with E-state index in [1.54, 1.807) is 51.1 Å². The molecule has 3 atom stereocenters. The summed E-state index contributed by atoms with van der Waals surface area (Å²) in [4.78, 5) is 43.7. The molecule has 2 aromatic rings. The lowest BCUT2D eigenvalue weighted by atomic mass is 9.63. The molecule has 9 nitrogen and oxygen atoms in total. The predicted molar refractivity (Wildman–Crippen MR) is 133 cm³/mol. The Morgan fingerprint density at radius 3 is 2.56 bits per heavy atom. The second-order valence-electron chi connectivity index (χ2n) is 8.48. The summed E-state index contributed by atoms with van der Waals surface area (Å²) in [5, 5.41) is 3.56. The number of carbonyl (C=O) groups excluding carboxylic acids is 3. The van der Waals surface area contributed by atoms with Crippen molar-refractivity contribution in [1.29, 1.82) is 0 Å². The minimum Gasteiger partial charge on any atom is -0.463 e. The zero-order valence-corrected chi connectivity index (χ0v) is 21.2. The molecule has 1 aliphatic heterocycles. The lowest BCUT2D eigenvalue weighted by molar-refractivity contribution is -0.152. The van der Waals surface area contributed by atoms with Gasteiger partial charge in [0.25, 0.3) is 0 Å². The molecule has 3 unspecified atom stereocenters. The number of carbonyl (C=O) groups is 3. The fraction of sp³-hybridized carbons (Fsp3) is 0.385. The molecule has 3 rings (SSSR count). The number of nitrogens with two attached hydrogens (primary N) is 1. The predicted octanol–water partition coefficient (Wildman–Crippen LogP) is 2.99. The summed E-state index contributed by atoms with van der Waals surface area (Å²) < 4.78 is 16.4. The number of benzene rings is 1. The molecule has 1 aromatic carbocycles. The number of aromatic nitrogens is 1. The van der Waals surface area contributed by atoms with Gasteiger partial charge in [0.15, 0.2) is 0 Å². The van der Waals surface area contributed by atoms with Gasteiger partial charge in [0.05, 0.1) is 36.4 Å². The van der Waals surface area contributed by atoms with Gasteiger partial charge >= 0.3 is 17.9 Å². The van der Waals surface area contributed by atoms with Crippen LogP contribution in [-0.2, 0) is 23.8 Å². The van der Waals surface area contributed by atoms with Crippen molar-refractivity contribution in [1.82, 2.24) is 10.3 Å². The number of hydrogen-bond acceptors (Lipinski definition) is 9. The first-order valence-corrected chi connectivity index (χ1v) is 12.0. The highest BCUT2D eigenvalue weighted by Gasteiger charge is 2.55. The molecule has 10 heteroatoms. The average Bonchev–Trinajstić information content (AvgIpc) is 2.87. The van der Waals surface area contributed by atoms with Crippen LogP contribution in [0.25, 0.3) is 0 Å². The maximum Gasteiger partial charge on any atom is 0.347 e. The number of halogens is 1. The van der Waals surface area contributed by atoms with Crippen molar-refractivity contribution in [3.8, 4) is 0 Å². The van der Waals surface area contributed by atoms with Gasteiger partial charge in [-0.2, -0.15) is 0 Å². The van der Waals surface area contributed by atoms with Crippen molar-refractivity contribution in [2.75, 3.05) is 26.4 Å². The van der Waals surface area contributed by atoms with E-state index in [0.29, 0.717) is 22.8 Å². The van der Waals surface area contributed by atoms with E-state index in [1.807, 2.05) is 0 Å². The molecular formula is C26H30ClN3O6. The normalized spacial score (nSPS) is 21.5. The third-order valence-electron chi connectivity index (χ3n) is 6.25. The Morgan fingerprint density at radius 2 is 1.92 bits per heavy atom. The third kappa shape index (κ3) is 5.59. The van der Waals surface area contributed by atoms with Crippen molar-refractivity contribution in [3.05, 3.63) is 76.2 Å². The highest BCUT2D eigenvalue weighted by molar-refractivity contribution is 6.31. The minimum absolute atomic E-state index is 0.0381. The Bertz CT molecular complexity index is 1140. The van der Waals surface area contributed by atoms with Crippen LogP contribution in [0, 0.1) is 5.41 Å². The molecule has 36 heavy (non-hydrogen) atoms. The Hall–Kier alpha value is -3.27. The molecule has 0 fully saturated rings. The number of ether oxygens (including phenoxy) is 3. The first kappa shape index (κ1) is 27.3. The molecule has 0 radical (unpaired) electrons. The van der Waals surface area contributed by atoms with Gasteiger partial charge in [-0.15, -0.1) is 0 Å². The smallest absolute Gasteiger partial charge is 0.347 e. The molecule has 0 aliphatic carbocycles. The van der Waals surface area contributed by atoms with E-state index in [9.17, 15) is 14.4 Å². The fourth-order valence-electron chi connectivity index (χ4n) is 4.26. The van der Waals surface area contributed by atoms with Gasteiger partial charge in [-0.3, -0.25) is 9.78 Å². The number of pyridine rings is 1. The lowest BCUT2D eigenvalue weighted by Gasteiger charge is -2.46. The van der Waals surface area contributed by atoms with E-state index in [0.717, 1.165) is 0 Å². The highest BCUT2D eigenvalue weighted by Crippen LogP contribution is 2.50. The topological polar surface area (TPSA) is 130 Å². The monoisotopic (exact) mass is 515 g/mol. The molecule has 1 aliphatic rings. The maximum absolute atomic E-state index is 13.7. The van der Waals surface area contributed by atoms with Gasteiger partial charge in [0.1, 0.15) is 0 Å². The van der Waals surface area contributed by atoms with E-state index in [1.165, 1.54) is 18.5 Å². The summed E-state index contributed by atoms with van der Waals surface area (Å²) in [6, 6.07) is 9.37. The lowest BCUT2D eigenvalue weighted by Crippen LogP contribution is -2.56. The first-order valence-electron chi connectivity index (χ1n) is 11.6. The second kappa shape index (κ2) is 12.1. The van der Waals surface area contributed by atoms with Crippen LogP contribution in [0.3, 0.4) is 0 Å². The Labute approximate surface area is 215 Å². The number of nitrogens with one attached hydrogen (secondary N) is 1. The summed E-state index contributed by atoms with van der Waals surface area (Å²) in [5.74, 6) is -3.22. The summed E-state index contributed by atoms with van der Waals surface area (Å²) in [6.45, 7) is 5.81. The Morgan fingerprint density at radius 1 is 1.17 bits per heavy atom. The molecular weight excluding hydrogens is 486 g/mol. The number of esters is 3. The summed E-state index contributed by atoms with van der Waals surface area (Å²) in [5.41, 5.74) is 5.38. The van der Waals surface area contributed by atoms with Crippen LogP contribution >= 0.6 is 11.6 Å². The molecule has 0 bridgehead atoms. The van der Waals surface area contributed by atoms with E-state index >= 15 is 0 Å². The van der Waals surface area contributed by atoms with Crippen LogP contribution in [0.2, 0.25) is 5.02 Å². The fourth-order valence-corrected chi connectivity index (χ4v) is 4.50. The van der Waals surface area contributed by atoms with Crippen molar-refractivity contribution in [3.63, 3.8) is 0 Å². The highest BCUT2D eigenvalue weighted by atomic mass is 35.5. The Balaban J connectivity index is 2.15. The molecule has 2 heterocycles. The van der Waals surface area contributed by atoms with Gasteiger partial charge in [0, 0.05) is 41.6 Å². The quantitative estimate of drug-likeness (QED) is 0.294. The maximum atomic E-state index is 13.7. The third-order valence-corrected chi connectivity index (χ3v) is 6.59. The first-order chi connectivity index (χ1) is 17.2. The van der Waals surface area contributed by atoms with Crippen molar-refractivity contribution in [2.24, 2.45) is 11.1 Å². The molecule has 0 saturated heterocycles. The van der Waals surface area contributed by atoms with Crippen LogP contribution in [0.5, 0.6) is 0 Å². The zero-order valence-electron chi connectivity index (χ0n) is 20.5. The van der Waals surface area contributed by atoms with E-state index in [-0.39, 0.29) is 31.0 Å². The van der Waals surface area contributed by atoms with Crippen LogP contribution in [0.4, 0.5) is 0 Å². The van der Waals surface area contributed by atoms with E-state index in [2.05, 4.69) is 10.3 Å². The average molecular weight is 516 g/mol. The van der Waals surface area contributed by atoms with Crippen molar-refractivity contribution in [2.45, 2.75) is 32.7 Å². The molecule has 0 spiro atoms. The van der Waals surface area contributed by atoms with Crippen LogP contribution < -0.4 is 11.1 Å². The van der Waals surface area contributed by atoms with Gasteiger partial charge in [-0.05, 0) is 44.5 Å². The summed E-state index contributed by atoms with van der Waals surface area (Å²) in [6.07, 6.45) is 2.81. The van der Waals surface area contributed by atoms with Crippen LogP contribution in [0.15, 0.2) is 60.1 Å². The van der Waals surface area contributed by atoms with Crippen molar-refractivity contribution >= 4 is 29.5 Å². The van der Waals surface area contributed by atoms with Gasteiger partial charge in [0.2, 0.25) is 0 Å². The van der Waals surface area contributed by atoms with E-state index < -0.39 is 35.3 Å². The number of rotatable bonds is 9. The molecule has 0 amide bonds. The molecule has 192 valence electrons. The molecule has 0 saturated carbocycles. The number of nitrogens with zero attached hydrogens (tertiary/aromatic N) is 1. The van der Waals surface area contributed by atoms with Crippen molar-refractivity contribution < 1.29 is 28.6 Å². The van der Waals surface area contributed by atoms with Crippen LogP contribution in [-0.4, -0.2) is 55.3 Å². The number of hydrogen-bond donors (Lipinski definition) is 2. The minimum atomic E-state index is -1.44. The molecule has 1 aromatic heterocycles. The van der Waals surface area contributed by atoms with Gasteiger partial charge in [-0.1, -0.05) is 29.8 Å². The Kier molecular flexibility index (Phi) is 9.19. The SMILES string of the molecule is CCOC(=O)C1=C(COCCN)NC(C)C(C)(C(=O)OC(=O)c2cccnc2)C1c1ccccc1Cl.